The number of aliphatic hydroxyl groups is 2. The first-order valence-corrected chi connectivity index (χ1v) is 18.1. The van der Waals surface area contributed by atoms with Crippen LogP contribution in [0.3, 0.4) is 0 Å². The number of carbonyl (C=O) groups is 2. The van der Waals surface area contributed by atoms with Gasteiger partial charge in [-0.1, -0.05) is 155 Å². The molecule has 0 aliphatic rings. The lowest BCUT2D eigenvalue weighted by atomic mass is 10.0. The zero-order valence-electron chi connectivity index (χ0n) is 28.0. The van der Waals surface area contributed by atoms with Crippen molar-refractivity contribution in [2.75, 3.05) is 0 Å². The molecule has 0 aliphatic carbocycles. The first kappa shape index (κ1) is 46.8. The Kier molecular flexibility index (Phi) is 42.9. The largest absolute Gasteiger partial charge is 0.481 e. The molecule has 2 atom stereocenters. The summed E-state index contributed by atoms with van der Waals surface area (Å²) in [6.07, 6.45) is 32.5. The molecule has 0 aliphatic heterocycles. The second-order valence-corrected chi connectivity index (χ2v) is 12.5. The maximum atomic E-state index is 10.3. The van der Waals surface area contributed by atoms with Gasteiger partial charge in [-0.2, -0.15) is 0 Å². The van der Waals surface area contributed by atoms with E-state index < -0.39 is 11.9 Å². The molecule has 0 saturated heterocycles. The van der Waals surface area contributed by atoms with E-state index in [2.05, 4.69) is 13.8 Å². The molecule has 0 aromatic carbocycles. The Hall–Kier alpha value is -0.608. The van der Waals surface area contributed by atoms with Gasteiger partial charge in [0, 0.05) is 12.8 Å². The van der Waals surface area contributed by atoms with E-state index in [0.717, 1.165) is 77.0 Å². The summed E-state index contributed by atoms with van der Waals surface area (Å²) in [6.45, 7) is 4.42. The second kappa shape index (κ2) is 39.4. The van der Waals surface area contributed by atoms with Crippen molar-refractivity contribution in [2.24, 2.45) is 0 Å². The van der Waals surface area contributed by atoms with Crippen molar-refractivity contribution in [2.45, 2.75) is 219 Å². The monoisotopic (exact) mass is 631 g/mol. The molecule has 4 N–H and O–H groups in total. The molecule has 0 fully saturated rings. The van der Waals surface area contributed by atoms with Crippen LogP contribution < -0.4 is 0 Å². The third-order valence-electron chi connectivity index (χ3n) is 8.14. The van der Waals surface area contributed by atoms with Gasteiger partial charge in [-0.15, -0.1) is 0 Å². The van der Waals surface area contributed by atoms with Crippen LogP contribution in [0.15, 0.2) is 0 Å². The Morgan fingerprint density at radius 2 is 0.605 bits per heavy atom. The van der Waals surface area contributed by atoms with Crippen molar-refractivity contribution in [3.05, 3.63) is 0 Å². The predicted molar refractivity (Wildman–Crippen MR) is 187 cm³/mol. The van der Waals surface area contributed by atoms with Gasteiger partial charge in [0.1, 0.15) is 0 Å². The zero-order chi connectivity index (χ0) is 31.5. The molecule has 0 radical (unpaired) electrons. The van der Waals surface area contributed by atoms with Crippen LogP contribution in [0.2, 0.25) is 0 Å². The fourth-order valence-electron chi connectivity index (χ4n) is 5.34. The number of hydrogen-bond donors (Lipinski definition) is 4. The number of hydrogen-bond acceptors (Lipinski definition) is 4. The maximum Gasteiger partial charge on any atom is 0.303 e. The molecular formula is C36H75AlO6. The Balaban J connectivity index is -0.000000727. The Morgan fingerprint density at radius 3 is 0.837 bits per heavy atom. The Labute approximate surface area is 277 Å². The average molecular weight is 631 g/mol. The lowest BCUT2D eigenvalue weighted by Crippen LogP contribution is -2.05. The minimum absolute atomic E-state index is 0. The molecule has 0 aromatic rings. The molecular weight excluding hydrogens is 555 g/mol. The number of rotatable bonds is 32. The van der Waals surface area contributed by atoms with E-state index in [1.165, 1.54) is 103 Å². The summed E-state index contributed by atoms with van der Waals surface area (Å²) >= 11 is 0. The van der Waals surface area contributed by atoms with Gasteiger partial charge in [0.2, 0.25) is 0 Å². The lowest BCUT2D eigenvalue weighted by Gasteiger charge is -2.10. The fourth-order valence-corrected chi connectivity index (χ4v) is 5.34. The Morgan fingerprint density at radius 1 is 0.395 bits per heavy atom. The summed E-state index contributed by atoms with van der Waals surface area (Å²) in [5.41, 5.74) is 0. The fraction of sp³-hybridized carbons (Fsp3) is 0.944. The van der Waals surface area contributed by atoms with E-state index in [1.807, 2.05) is 0 Å². The van der Waals surface area contributed by atoms with Gasteiger partial charge in [-0.05, 0) is 38.5 Å². The quantitative estimate of drug-likeness (QED) is 0.0435. The predicted octanol–water partition coefficient (Wildman–Crippen LogP) is 9.42. The van der Waals surface area contributed by atoms with E-state index in [4.69, 9.17) is 10.2 Å². The molecule has 0 amide bonds. The van der Waals surface area contributed by atoms with E-state index >= 15 is 0 Å². The summed E-state index contributed by atoms with van der Waals surface area (Å²) < 4.78 is 0. The summed E-state index contributed by atoms with van der Waals surface area (Å²) in [5.74, 6) is -1.36. The summed E-state index contributed by atoms with van der Waals surface area (Å²) in [5, 5.41) is 36.7. The van der Waals surface area contributed by atoms with Gasteiger partial charge in [-0.25, -0.2) is 0 Å². The van der Waals surface area contributed by atoms with Crippen LogP contribution in [0.4, 0.5) is 0 Å². The van der Waals surface area contributed by atoms with Crippen LogP contribution in [0.5, 0.6) is 0 Å². The zero-order valence-corrected chi connectivity index (χ0v) is 28.0. The highest BCUT2D eigenvalue weighted by atomic mass is 27.0. The molecule has 6 nitrogen and oxygen atoms in total. The van der Waals surface area contributed by atoms with Gasteiger partial charge in [0.25, 0.3) is 0 Å². The molecule has 0 spiro atoms. The molecule has 2 unspecified atom stereocenters. The van der Waals surface area contributed by atoms with Crippen molar-refractivity contribution >= 4 is 29.3 Å². The first-order valence-electron chi connectivity index (χ1n) is 18.1. The van der Waals surface area contributed by atoms with Gasteiger partial charge in [0.05, 0.1) is 12.2 Å². The van der Waals surface area contributed by atoms with Crippen molar-refractivity contribution in [1.29, 1.82) is 0 Å². The van der Waals surface area contributed by atoms with E-state index in [9.17, 15) is 19.8 Å². The van der Waals surface area contributed by atoms with Crippen LogP contribution in [0, 0.1) is 0 Å². The van der Waals surface area contributed by atoms with Crippen LogP contribution in [-0.4, -0.2) is 61.9 Å². The summed E-state index contributed by atoms with van der Waals surface area (Å²) in [4.78, 5) is 20.7. The summed E-state index contributed by atoms with van der Waals surface area (Å²) in [6, 6.07) is 0. The van der Waals surface area contributed by atoms with E-state index in [0.29, 0.717) is 12.8 Å². The highest BCUT2D eigenvalue weighted by Crippen LogP contribution is 2.15. The molecule has 0 heterocycles. The first-order chi connectivity index (χ1) is 20.3. The van der Waals surface area contributed by atoms with Crippen LogP contribution in [-0.2, 0) is 9.59 Å². The third kappa shape index (κ3) is 45.9. The van der Waals surface area contributed by atoms with Gasteiger partial charge >= 0.3 is 11.9 Å². The van der Waals surface area contributed by atoms with Gasteiger partial charge < -0.3 is 20.4 Å². The maximum absolute atomic E-state index is 10.3. The van der Waals surface area contributed by atoms with Crippen LogP contribution in [0.1, 0.15) is 206 Å². The van der Waals surface area contributed by atoms with Crippen LogP contribution >= 0.6 is 0 Å². The molecule has 0 rings (SSSR count). The lowest BCUT2D eigenvalue weighted by molar-refractivity contribution is -0.138. The highest BCUT2D eigenvalue weighted by molar-refractivity contribution is 5.75. The van der Waals surface area contributed by atoms with E-state index in [-0.39, 0.29) is 29.6 Å². The highest BCUT2D eigenvalue weighted by Gasteiger charge is 2.05. The minimum Gasteiger partial charge on any atom is -0.481 e. The molecule has 43 heavy (non-hydrogen) atoms. The Bertz CT molecular complexity index is 512. The molecule has 0 saturated carbocycles. The number of unbranched alkanes of at least 4 members (excludes halogenated alkanes) is 20. The number of aliphatic hydroxyl groups excluding tert-OH is 2. The SMILES string of the molecule is CCCCCCC(O)CCCCCCCCCCC(=O)O.CCCCCCC(O)CCCCCCCCCCC(=O)O.[AlH3]. The molecule has 0 bridgehead atoms. The van der Waals surface area contributed by atoms with Crippen LogP contribution in [0.25, 0.3) is 0 Å². The smallest absolute Gasteiger partial charge is 0.303 e. The van der Waals surface area contributed by atoms with Gasteiger partial charge in [-0.3, -0.25) is 9.59 Å². The van der Waals surface area contributed by atoms with Crippen molar-refractivity contribution in [1.82, 2.24) is 0 Å². The molecule has 258 valence electrons. The average Bonchev–Trinajstić information content (AvgIpc) is 2.95. The standard InChI is InChI=1S/2C18H36O3.Al.3H/c2*1-2-3-4-11-14-17(19)15-12-9-7-5-6-8-10-13-16-18(20)21;;;;/h2*17,19H,2-16H2,1H3,(H,20,21);;;;. The second-order valence-electron chi connectivity index (χ2n) is 12.5. The van der Waals surface area contributed by atoms with E-state index in [1.54, 1.807) is 0 Å². The molecule has 0 aromatic heterocycles. The normalized spacial score (nSPS) is 12.2. The number of aliphatic carboxylic acids is 2. The third-order valence-corrected chi connectivity index (χ3v) is 8.14. The topological polar surface area (TPSA) is 115 Å². The van der Waals surface area contributed by atoms with Crippen molar-refractivity contribution in [3.63, 3.8) is 0 Å². The number of carboxylic acids is 2. The van der Waals surface area contributed by atoms with Crippen molar-refractivity contribution in [3.8, 4) is 0 Å². The molecule has 7 heteroatoms. The van der Waals surface area contributed by atoms with Crippen molar-refractivity contribution < 1.29 is 30.0 Å². The summed E-state index contributed by atoms with van der Waals surface area (Å²) in [7, 11) is 0. The van der Waals surface area contributed by atoms with Gasteiger partial charge in [0.15, 0.2) is 17.4 Å². The number of carboxylic acid groups (broad SMARTS) is 2. The minimum atomic E-state index is -0.678.